The van der Waals surface area contributed by atoms with Gasteiger partial charge in [-0.15, -0.1) is 0 Å². The summed E-state index contributed by atoms with van der Waals surface area (Å²) in [5.74, 6) is 0.812. The first-order valence-corrected chi connectivity index (χ1v) is 7.79. The molecule has 1 nitrogen and oxygen atoms in total. The van der Waals surface area contributed by atoms with Gasteiger partial charge in [-0.1, -0.05) is 43.7 Å². The minimum Gasteiger partial charge on any atom is -0.312 e. The Morgan fingerprint density at radius 3 is 2.26 bits per heavy atom. The Morgan fingerprint density at radius 2 is 1.63 bits per heavy atom. The lowest BCUT2D eigenvalue weighted by Crippen LogP contribution is -2.34. The van der Waals surface area contributed by atoms with Gasteiger partial charge in [0.25, 0.3) is 0 Å². The van der Waals surface area contributed by atoms with Crippen molar-refractivity contribution in [2.24, 2.45) is 5.92 Å². The molecule has 19 heavy (non-hydrogen) atoms. The maximum atomic E-state index is 3.72. The molecule has 1 heteroatoms. The molecule has 0 heterocycles. The molecule has 0 fully saturated rings. The predicted molar refractivity (Wildman–Crippen MR) is 85.6 cm³/mol. The highest BCUT2D eigenvalue weighted by Crippen LogP contribution is 2.10. The number of aryl methyl sites for hydroxylation is 2. The van der Waals surface area contributed by atoms with Gasteiger partial charge in [0.05, 0.1) is 0 Å². The monoisotopic (exact) mass is 261 g/mol. The van der Waals surface area contributed by atoms with Crippen molar-refractivity contribution in [3.63, 3.8) is 0 Å². The van der Waals surface area contributed by atoms with Gasteiger partial charge in [0.2, 0.25) is 0 Å². The number of rotatable bonds is 8. The second kappa shape index (κ2) is 8.37. The van der Waals surface area contributed by atoms with E-state index in [1.807, 2.05) is 0 Å². The standard InChI is InChI=1S/C18H31N/c1-14(2)9-10-16(4)19-17(5)11-12-18-8-6-7-15(3)13-18/h6-8,13-14,16-17,19H,9-12H2,1-5H3. The lowest BCUT2D eigenvalue weighted by Gasteiger charge is -2.20. The fraction of sp³-hybridized carbons (Fsp3) is 0.667. The van der Waals surface area contributed by atoms with E-state index in [2.05, 4.69) is 64.2 Å². The van der Waals surface area contributed by atoms with E-state index in [4.69, 9.17) is 0 Å². The molecule has 0 spiro atoms. The SMILES string of the molecule is Cc1cccc(CCC(C)NC(C)CCC(C)C)c1. The van der Waals surface area contributed by atoms with Crippen LogP contribution in [0.5, 0.6) is 0 Å². The average Bonchev–Trinajstić information content (AvgIpc) is 2.34. The highest BCUT2D eigenvalue weighted by atomic mass is 14.9. The lowest BCUT2D eigenvalue weighted by molar-refractivity contribution is 0.400. The molecule has 0 aliphatic carbocycles. The molecule has 2 unspecified atom stereocenters. The van der Waals surface area contributed by atoms with Crippen molar-refractivity contribution in [2.75, 3.05) is 0 Å². The molecule has 0 bridgehead atoms. The molecule has 0 saturated carbocycles. The molecular weight excluding hydrogens is 230 g/mol. The van der Waals surface area contributed by atoms with Crippen LogP contribution in [0, 0.1) is 12.8 Å². The van der Waals surface area contributed by atoms with Gasteiger partial charge >= 0.3 is 0 Å². The molecule has 1 N–H and O–H groups in total. The summed E-state index contributed by atoms with van der Waals surface area (Å²) in [6.07, 6.45) is 4.99. The summed E-state index contributed by atoms with van der Waals surface area (Å²) in [6.45, 7) is 11.4. The molecule has 1 aromatic rings. The molecule has 0 aromatic heterocycles. The number of nitrogens with one attached hydrogen (secondary N) is 1. The summed E-state index contributed by atoms with van der Waals surface area (Å²) in [4.78, 5) is 0. The zero-order valence-corrected chi connectivity index (χ0v) is 13.4. The van der Waals surface area contributed by atoms with Gasteiger partial charge < -0.3 is 5.32 Å². The minimum absolute atomic E-state index is 0.600. The molecule has 0 amide bonds. The number of hydrogen-bond donors (Lipinski definition) is 1. The highest BCUT2D eigenvalue weighted by molar-refractivity contribution is 5.22. The maximum absolute atomic E-state index is 3.72. The van der Waals surface area contributed by atoms with Gasteiger partial charge in [-0.05, 0) is 57.9 Å². The van der Waals surface area contributed by atoms with Crippen molar-refractivity contribution in [1.82, 2.24) is 5.32 Å². The number of hydrogen-bond acceptors (Lipinski definition) is 1. The minimum atomic E-state index is 0.600. The van der Waals surface area contributed by atoms with E-state index in [0.717, 1.165) is 5.92 Å². The summed E-state index contributed by atoms with van der Waals surface area (Å²) < 4.78 is 0. The van der Waals surface area contributed by atoms with E-state index >= 15 is 0 Å². The maximum Gasteiger partial charge on any atom is 0.00443 e. The van der Waals surface area contributed by atoms with Crippen LogP contribution in [0.25, 0.3) is 0 Å². The second-order valence-corrected chi connectivity index (χ2v) is 6.47. The van der Waals surface area contributed by atoms with Crippen LogP contribution in [0.2, 0.25) is 0 Å². The third-order valence-electron chi connectivity index (χ3n) is 3.69. The summed E-state index contributed by atoms with van der Waals surface area (Å²) in [6, 6.07) is 10.1. The van der Waals surface area contributed by atoms with E-state index in [1.54, 1.807) is 0 Å². The Hall–Kier alpha value is -0.820. The van der Waals surface area contributed by atoms with Crippen LogP contribution in [0.3, 0.4) is 0 Å². The molecule has 0 radical (unpaired) electrons. The van der Waals surface area contributed by atoms with Gasteiger partial charge in [-0.25, -0.2) is 0 Å². The lowest BCUT2D eigenvalue weighted by atomic mass is 10.0. The van der Waals surface area contributed by atoms with Crippen LogP contribution in [-0.4, -0.2) is 12.1 Å². The van der Waals surface area contributed by atoms with Crippen LogP contribution in [0.1, 0.15) is 58.1 Å². The zero-order valence-electron chi connectivity index (χ0n) is 13.4. The van der Waals surface area contributed by atoms with Gasteiger partial charge in [-0.3, -0.25) is 0 Å². The smallest absolute Gasteiger partial charge is 0.00443 e. The van der Waals surface area contributed by atoms with Crippen molar-refractivity contribution < 1.29 is 0 Å². The van der Waals surface area contributed by atoms with Crippen LogP contribution < -0.4 is 5.32 Å². The normalized spacial score (nSPS) is 14.6. The summed E-state index contributed by atoms with van der Waals surface area (Å²) >= 11 is 0. The van der Waals surface area contributed by atoms with E-state index in [1.165, 1.54) is 36.8 Å². The van der Waals surface area contributed by atoms with Crippen LogP contribution in [-0.2, 0) is 6.42 Å². The van der Waals surface area contributed by atoms with E-state index in [-0.39, 0.29) is 0 Å². The molecule has 2 atom stereocenters. The summed E-state index contributed by atoms with van der Waals surface area (Å²) in [7, 11) is 0. The van der Waals surface area contributed by atoms with E-state index < -0.39 is 0 Å². The van der Waals surface area contributed by atoms with Gasteiger partial charge in [-0.2, -0.15) is 0 Å². The topological polar surface area (TPSA) is 12.0 Å². The van der Waals surface area contributed by atoms with Crippen molar-refractivity contribution in [3.05, 3.63) is 35.4 Å². The first-order valence-electron chi connectivity index (χ1n) is 7.79. The van der Waals surface area contributed by atoms with E-state index in [0.29, 0.717) is 12.1 Å². The predicted octanol–water partition coefficient (Wildman–Crippen LogP) is 4.73. The van der Waals surface area contributed by atoms with Crippen molar-refractivity contribution in [3.8, 4) is 0 Å². The molecule has 0 aliphatic rings. The van der Waals surface area contributed by atoms with Gasteiger partial charge in [0.1, 0.15) is 0 Å². The summed E-state index contributed by atoms with van der Waals surface area (Å²) in [5.41, 5.74) is 2.83. The van der Waals surface area contributed by atoms with Crippen molar-refractivity contribution >= 4 is 0 Å². The van der Waals surface area contributed by atoms with Crippen molar-refractivity contribution in [2.45, 2.75) is 72.4 Å². The van der Waals surface area contributed by atoms with Crippen LogP contribution in [0.15, 0.2) is 24.3 Å². The third kappa shape index (κ3) is 7.37. The zero-order chi connectivity index (χ0) is 14.3. The Kier molecular flexibility index (Phi) is 7.15. The number of benzene rings is 1. The Balaban J connectivity index is 2.25. The largest absolute Gasteiger partial charge is 0.312 e. The molecule has 0 saturated heterocycles. The summed E-state index contributed by atoms with van der Waals surface area (Å²) in [5, 5.41) is 3.72. The Bertz CT molecular complexity index is 356. The van der Waals surface area contributed by atoms with Gasteiger partial charge in [0.15, 0.2) is 0 Å². The second-order valence-electron chi connectivity index (χ2n) is 6.47. The Morgan fingerprint density at radius 1 is 0.947 bits per heavy atom. The van der Waals surface area contributed by atoms with Gasteiger partial charge in [0, 0.05) is 12.1 Å². The highest BCUT2D eigenvalue weighted by Gasteiger charge is 2.08. The van der Waals surface area contributed by atoms with Crippen molar-refractivity contribution in [1.29, 1.82) is 0 Å². The van der Waals surface area contributed by atoms with Crippen LogP contribution in [0.4, 0.5) is 0 Å². The molecule has 1 rings (SSSR count). The van der Waals surface area contributed by atoms with Crippen LogP contribution >= 0.6 is 0 Å². The first kappa shape index (κ1) is 16.2. The Labute approximate surface area is 119 Å². The first-order chi connectivity index (χ1) is 8.97. The molecule has 1 aromatic carbocycles. The fourth-order valence-electron chi connectivity index (χ4n) is 2.49. The average molecular weight is 261 g/mol. The molecule has 108 valence electrons. The quantitative estimate of drug-likeness (QED) is 0.713. The molecular formula is C18H31N. The third-order valence-corrected chi connectivity index (χ3v) is 3.69. The fourth-order valence-corrected chi connectivity index (χ4v) is 2.49. The molecule has 0 aliphatic heterocycles. The van der Waals surface area contributed by atoms with E-state index in [9.17, 15) is 0 Å².